The Labute approximate surface area is 234 Å². The Balaban J connectivity index is 1.30. The van der Waals surface area contributed by atoms with E-state index in [0.29, 0.717) is 12.6 Å². The van der Waals surface area contributed by atoms with Crippen LogP contribution in [0.4, 0.5) is 0 Å². The Bertz CT molecular complexity index is 1480. The Morgan fingerprint density at radius 1 is 1.08 bits per heavy atom. The second-order valence-corrected chi connectivity index (χ2v) is 11.5. The lowest BCUT2D eigenvalue weighted by molar-refractivity contribution is 0.169. The van der Waals surface area contributed by atoms with Crippen molar-refractivity contribution in [2.45, 2.75) is 39.3 Å². The van der Waals surface area contributed by atoms with Crippen LogP contribution in [0.25, 0.3) is 22.3 Å². The SMILES string of the molecule is CC1=C(c2cccc(-c3cnsc3)c2)C(c2ccc(OC[C@H](C)N3CC[C@@H](C)C3)cc2)Oc2ccc(O)cc21. The zero-order chi connectivity index (χ0) is 26.9. The minimum atomic E-state index is -0.294. The van der Waals surface area contributed by atoms with Crippen LogP contribution in [-0.4, -0.2) is 40.1 Å². The molecule has 1 saturated heterocycles. The monoisotopic (exact) mass is 538 g/mol. The summed E-state index contributed by atoms with van der Waals surface area (Å²) in [7, 11) is 0. The number of aromatic hydroxyl groups is 1. The first-order chi connectivity index (χ1) is 19.0. The molecular formula is C33H34N2O3S. The highest BCUT2D eigenvalue weighted by Gasteiger charge is 2.30. The van der Waals surface area contributed by atoms with Gasteiger partial charge in [-0.2, -0.15) is 0 Å². The number of likely N-dealkylation sites (tertiary alicyclic amines) is 1. The molecule has 6 rings (SSSR count). The van der Waals surface area contributed by atoms with Gasteiger partial charge in [-0.1, -0.05) is 37.3 Å². The van der Waals surface area contributed by atoms with Crippen LogP contribution in [0, 0.1) is 5.92 Å². The zero-order valence-corrected chi connectivity index (χ0v) is 23.4. The van der Waals surface area contributed by atoms with Crippen LogP contribution in [0.1, 0.15) is 50.0 Å². The molecule has 3 heterocycles. The Hall–Kier alpha value is -3.61. The second-order valence-electron chi connectivity index (χ2n) is 10.8. The number of rotatable bonds is 7. The molecule has 1 aromatic heterocycles. The van der Waals surface area contributed by atoms with Gasteiger partial charge in [0, 0.05) is 40.9 Å². The number of phenols is 1. The lowest BCUT2D eigenvalue weighted by Crippen LogP contribution is -2.35. The number of phenolic OH excluding ortho intramolecular Hbond substituents is 1. The second kappa shape index (κ2) is 10.9. The van der Waals surface area contributed by atoms with Gasteiger partial charge in [-0.05, 0) is 103 Å². The van der Waals surface area contributed by atoms with Crippen molar-refractivity contribution in [1.82, 2.24) is 9.27 Å². The molecule has 2 aliphatic heterocycles. The summed E-state index contributed by atoms with van der Waals surface area (Å²) in [5.41, 5.74) is 7.45. The van der Waals surface area contributed by atoms with E-state index in [0.717, 1.165) is 69.5 Å². The van der Waals surface area contributed by atoms with E-state index in [1.807, 2.05) is 24.4 Å². The Kier molecular flexibility index (Phi) is 7.15. The van der Waals surface area contributed by atoms with Crippen LogP contribution < -0.4 is 9.47 Å². The number of ether oxygens (including phenoxy) is 2. The quantitative estimate of drug-likeness (QED) is 0.261. The van der Waals surface area contributed by atoms with Crippen molar-refractivity contribution in [3.05, 3.63) is 95.0 Å². The van der Waals surface area contributed by atoms with E-state index >= 15 is 0 Å². The first-order valence-electron chi connectivity index (χ1n) is 13.6. The van der Waals surface area contributed by atoms with Crippen LogP contribution in [0.3, 0.4) is 0 Å². The molecule has 0 aliphatic carbocycles. The molecule has 39 heavy (non-hydrogen) atoms. The summed E-state index contributed by atoms with van der Waals surface area (Å²) in [6, 6.07) is 22.5. The smallest absolute Gasteiger partial charge is 0.150 e. The summed E-state index contributed by atoms with van der Waals surface area (Å²) >= 11 is 1.45. The molecule has 0 bridgehead atoms. The van der Waals surface area contributed by atoms with E-state index in [-0.39, 0.29) is 11.9 Å². The van der Waals surface area contributed by atoms with Gasteiger partial charge in [0.2, 0.25) is 0 Å². The third-order valence-corrected chi connectivity index (χ3v) is 8.56. The largest absolute Gasteiger partial charge is 0.508 e. The predicted octanol–water partition coefficient (Wildman–Crippen LogP) is 7.69. The molecule has 0 saturated carbocycles. The van der Waals surface area contributed by atoms with Crippen molar-refractivity contribution in [2.24, 2.45) is 5.92 Å². The fourth-order valence-corrected chi connectivity index (χ4v) is 6.23. The normalized spacial score (nSPS) is 20.0. The maximum absolute atomic E-state index is 10.2. The van der Waals surface area contributed by atoms with Gasteiger partial charge in [0.15, 0.2) is 0 Å². The molecule has 2 aliphatic rings. The number of hydrogen-bond donors (Lipinski definition) is 1. The zero-order valence-electron chi connectivity index (χ0n) is 22.6. The molecule has 1 N–H and O–H groups in total. The maximum atomic E-state index is 10.2. The van der Waals surface area contributed by atoms with Crippen molar-refractivity contribution in [3.8, 4) is 28.4 Å². The van der Waals surface area contributed by atoms with Gasteiger partial charge in [-0.25, -0.2) is 4.37 Å². The number of aromatic nitrogens is 1. The number of nitrogens with zero attached hydrogens (tertiary/aromatic N) is 2. The molecule has 5 nitrogen and oxygen atoms in total. The lowest BCUT2D eigenvalue weighted by Gasteiger charge is -2.31. The highest BCUT2D eigenvalue weighted by Crippen LogP contribution is 2.47. The third-order valence-electron chi connectivity index (χ3n) is 7.97. The van der Waals surface area contributed by atoms with E-state index < -0.39 is 0 Å². The summed E-state index contributed by atoms with van der Waals surface area (Å²) in [4.78, 5) is 2.52. The molecule has 200 valence electrons. The summed E-state index contributed by atoms with van der Waals surface area (Å²) in [6.45, 7) is 9.66. The third kappa shape index (κ3) is 5.32. The molecule has 4 aromatic rings. The van der Waals surface area contributed by atoms with Crippen molar-refractivity contribution in [1.29, 1.82) is 0 Å². The van der Waals surface area contributed by atoms with Gasteiger partial charge in [0.05, 0.1) is 0 Å². The molecule has 1 unspecified atom stereocenters. The van der Waals surface area contributed by atoms with Gasteiger partial charge in [0.1, 0.15) is 30.0 Å². The maximum Gasteiger partial charge on any atom is 0.150 e. The molecule has 3 atom stereocenters. The number of hydrogen-bond acceptors (Lipinski definition) is 6. The van der Waals surface area contributed by atoms with Crippen LogP contribution in [0.2, 0.25) is 0 Å². The molecule has 0 amide bonds. The van der Waals surface area contributed by atoms with E-state index in [1.54, 1.807) is 12.1 Å². The Morgan fingerprint density at radius 3 is 2.64 bits per heavy atom. The first kappa shape index (κ1) is 25.7. The lowest BCUT2D eigenvalue weighted by atomic mass is 9.85. The molecular weight excluding hydrogens is 504 g/mol. The van der Waals surface area contributed by atoms with Crippen LogP contribution in [0.5, 0.6) is 17.2 Å². The van der Waals surface area contributed by atoms with Gasteiger partial charge in [0.25, 0.3) is 0 Å². The number of benzene rings is 3. The highest BCUT2D eigenvalue weighted by atomic mass is 32.1. The molecule has 0 spiro atoms. The van der Waals surface area contributed by atoms with Gasteiger partial charge < -0.3 is 14.6 Å². The number of allylic oxidation sites excluding steroid dienone is 1. The Morgan fingerprint density at radius 2 is 1.90 bits per heavy atom. The standard InChI is InChI=1S/C33H34N2O3S/c1-21-13-14-35(18-21)22(2)19-37-29-10-7-24(8-11-29)33-32(23(3)30-16-28(36)9-12-31(30)38-33)26-6-4-5-25(15-26)27-17-34-39-20-27/h4-12,15-17,20-22,33,36H,13-14,18-19H2,1-3H3/t21-,22+,33?/m1/s1. The van der Waals surface area contributed by atoms with E-state index in [9.17, 15) is 5.11 Å². The van der Waals surface area contributed by atoms with Gasteiger partial charge in [-0.3, -0.25) is 4.90 Å². The predicted molar refractivity (Wildman–Crippen MR) is 158 cm³/mol. The minimum Gasteiger partial charge on any atom is -0.508 e. The highest BCUT2D eigenvalue weighted by molar-refractivity contribution is 7.03. The molecule has 1 fully saturated rings. The van der Waals surface area contributed by atoms with E-state index in [2.05, 4.69) is 71.8 Å². The fourth-order valence-electron chi connectivity index (χ4n) is 5.69. The average molecular weight is 539 g/mol. The first-order valence-corrected chi connectivity index (χ1v) is 14.5. The van der Waals surface area contributed by atoms with Gasteiger partial charge >= 0.3 is 0 Å². The van der Waals surface area contributed by atoms with Crippen molar-refractivity contribution in [2.75, 3.05) is 19.7 Å². The topological polar surface area (TPSA) is 54.8 Å². The average Bonchev–Trinajstić information content (AvgIpc) is 3.65. The van der Waals surface area contributed by atoms with Crippen LogP contribution in [0.15, 0.2) is 78.3 Å². The summed E-state index contributed by atoms with van der Waals surface area (Å²) in [6.07, 6.45) is 2.87. The van der Waals surface area contributed by atoms with Crippen molar-refractivity contribution in [3.63, 3.8) is 0 Å². The van der Waals surface area contributed by atoms with Crippen molar-refractivity contribution < 1.29 is 14.6 Å². The van der Waals surface area contributed by atoms with Crippen molar-refractivity contribution >= 4 is 22.7 Å². The van der Waals surface area contributed by atoms with Crippen LogP contribution in [-0.2, 0) is 0 Å². The fraction of sp³-hybridized carbons (Fsp3) is 0.303. The van der Waals surface area contributed by atoms with E-state index in [1.165, 1.54) is 18.0 Å². The summed E-state index contributed by atoms with van der Waals surface area (Å²) in [5.74, 6) is 2.63. The summed E-state index contributed by atoms with van der Waals surface area (Å²) < 4.78 is 17.1. The molecule has 0 radical (unpaired) electrons. The van der Waals surface area contributed by atoms with Crippen LogP contribution >= 0.6 is 11.5 Å². The molecule has 6 heteroatoms. The number of fused-ring (bicyclic) bond motifs is 1. The van der Waals surface area contributed by atoms with Gasteiger partial charge in [-0.15, -0.1) is 0 Å². The van der Waals surface area contributed by atoms with E-state index in [4.69, 9.17) is 9.47 Å². The minimum absolute atomic E-state index is 0.228. The molecule has 3 aromatic carbocycles. The summed E-state index contributed by atoms with van der Waals surface area (Å²) in [5, 5.41) is 12.3.